The van der Waals surface area contributed by atoms with Crippen LogP contribution in [0, 0.1) is 34.6 Å². The number of aryl methyl sites for hydroxylation is 4. The van der Waals surface area contributed by atoms with Gasteiger partial charge in [-0.3, -0.25) is 0 Å². The molecule has 0 atom stereocenters. The van der Waals surface area contributed by atoms with Gasteiger partial charge in [-0.25, -0.2) is 0 Å². The molecule has 0 aliphatic rings. The molecule has 0 heterocycles. The first-order valence-electron chi connectivity index (χ1n) is 10.3. The topological polar surface area (TPSA) is 26.0 Å². The van der Waals surface area contributed by atoms with Crippen LogP contribution in [0.2, 0.25) is 0 Å². The SMILES string of the molecule is Cc1cc(Cc2cccc3cccc(-c4cc(C)c(N)c(C)c4)c23)cc(C)c1C. The predicted octanol–water partition coefficient (Wildman–Crippen LogP) is 7.22. The molecular formula is C28H29N. The van der Waals surface area contributed by atoms with E-state index >= 15 is 0 Å². The third-order valence-electron chi connectivity index (χ3n) is 6.28. The lowest BCUT2D eigenvalue weighted by Crippen LogP contribution is -1.97. The van der Waals surface area contributed by atoms with Crippen molar-refractivity contribution in [2.45, 2.75) is 41.0 Å². The van der Waals surface area contributed by atoms with Crippen molar-refractivity contribution in [2.24, 2.45) is 0 Å². The fourth-order valence-corrected chi connectivity index (χ4v) is 4.38. The Morgan fingerprint density at radius 1 is 0.690 bits per heavy atom. The van der Waals surface area contributed by atoms with Crippen LogP contribution in [-0.4, -0.2) is 0 Å². The molecule has 0 fully saturated rings. The summed E-state index contributed by atoms with van der Waals surface area (Å²) in [6, 6.07) is 22.4. The molecule has 146 valence electrons. The first-order valence-corrected chi connectivity index (χ1v) is 10.3. The van der Waals surface area contributed by atoms with E-state index < -0.39 is 0 Å². The fraction of sp³-hybridized carbons (Fsp3) is 0.214. The molecule has 4 rings (SSSR count). The van der Waals surface area contributed by atoms with Crippen LogP contribution >= 0.6 is 0 Å². The molecule has 1 nitrogen and oxygen atoms in total. The fourth-order valence-electron chi connectivity index (χ4n) is 4.38. The van der Waals surface area contributed by atoms with Crippen LogP contribution in [0.5, 0.6) is 0 Å². The van der Waals surface area contributed by atoms with Gasteiger partial charge in [0.05, 0.1) is 0 Å². The summed E-state index contributed by atoms with van der Waals surface area (Å²) in [6.45, 7) is 10.8. The molecular weight excluding hydrogens is 350 g/mol. The van der Waals surface area contributed by atoms with Crippen molar-refractivity contribution >= 4 is 16.5 Å². The first-order chi connectivity index (χ1) is 13.8. The van der Waals surface area contributed by atoms with Crippen molar-refractivity contribution in [1.29, 1.82) is 0 Å². The Balaban J connectivity index is 1.91. The second-order valence-corrected chi connectivity index (χ2v) is 8.38. The second kappa shape index (κ2) is 7.40. The average molecular weight is 380 g/mol. The zero-order valence-corrected chi connectivity index (χ0v) is 18.1. The molecule has 0 unspecified atom stereocenters. The average Bonchev–Trinajstić information content (AvgIpc) is 2.69. The Morgan fingerprint density at radius 3 is 1.90 bits per heavy atom. The molecule has 1 heteroatoms. The van der Waals surface area contributed by atoms with Crippen molar-refractivity contribution in [1.82, 2.24) is 0 Å². The number of benzene rings is 4. The summed E-state index contributed by atoms with van der Waals surface area (Å²) in [5, 5.41) is 2.63. The molecule has 0 aromatic heterocycles. The molecule has 0 saturated heterocycles. The number of fused-ring (bicyclic) bond motifs is 1. The lowest BCUT2D eigenvalue weighted by molar-refractivity contribution is 1.16. The molecule has 0 saturated carbocycles. The van der Waals surface area contributed by atoms with Crippen molar-refractivity contribution in [3.63, 3.8) is 0 Å². The van der Waals surface area contributed by atoms with Gasteiger partial charge in [0.25, 0.3) is 0 Å². The highest BCUT2D eigenvalue weighted by Gasteiger charge is 2.12. The Morgan fingerprint density at radius 2 is 1.28 bits per heavy atom. The molecule has 2 N–H and O–H groups in total. The standard InChI is InChI=1S/C28H29N/c1-17-12-22(13-18(2)21(17)5)16-24-10-6-8-23-9-7-11-26(27(23)24)25-14-19(3)28(29)20(4)15-25/h6-15H,16,29H2,1-5H3. The minimum Gasteiger partial charge on any atom is -0.398 e. The van der Waals surface area contributed by atoms with Gasteiger partial charge >= 0.3 is 0 Å². The number of anilines is 1. The first kappa shape index (κ1) is 19.3. The highest BCUT2D eigenvalue weighted by molar-refractivity contribution is 5.99. The van der Waals surface area contributed by atoms with Gasteiger partial charge in [0.1, 0.15) is 0 Å². The van der Waals surface area contributed by atoms with E-state index in [2.05, 4.69) is 95.3 Å². The summed E-state index contributed by atoms with van der Waals surface area (Å²) in [5.74, 6) is 0. The van der Waals surface area contributed by atoms with Crippen LogP contribution in [0.1, 0.15) is 38.9 Å². The van der Waals surface area contributed by atoms with Crippen molar-refractivity contribution in [2.75, 3.05) is 5.73 Å². The monoisotopic (exact) mass is 379 g/mol. The maximum atomic E-state index is 6.21. The quantitative estimate of drug-likeness (QED) is 0.374. The van der Waals surface area contributed by atoms with Gasteiger partial charge in [0, 0.05) is 5.69 Å². The minimum atomic E-state index is 0.889. The van der Waals surface area contributed by atoms with Gasteiger partial charge < -0.3 is 5.73 Å². The molecule has 0 amide bonds. The minimum absolute atomic E-state index is 0.889. The van der Waals surface area contributed by atoms with Crippen molar-refractivity contribution < 1.29 is 0 Å². The van der Waals surface area contributed by atoms with E-state index in [4.69, 9.17) is 5.73 Å². The summed E-state index contributed by atoms with van der Waals surface area (Å²) in [7, 11) is 0. The van der Waals surface area contributed by atoms with Gasteiger partial charge in [-0.2, -0.15) is 0 Å². The number of rotatable bonds is 3. The number of nitrogen functional groups attached to an aromatic ring is 1. The summed E-state index contributed by atoms with van der Waals surface area (Å²) in [6.07, 6.45) is 0.934. The highest BCUT2D eigenvalue weighted by atomic mass is 14.6. The van der Waals surface area contributed by atoms with Crippen molar-refractivity contribution in [3.8, 4) is 11.1 Å². The molecule has 29 heavy (non-hydrogen) atoms. The largest absolute Gasteiger partial charge is 0.398 e. The van der Waals surface area contributed by atoms with Gasteiger partial charge in [0.15, 0.2) is 0 Å². The van der Waals surface area contributed by atoms with Crippen LogP contribution in [0.3, 0.4) is 0 Å². The number of nitrogens with two attached hydrogens (primary N) is 1. The lowest BCUT2D eigenvalue weighted by atomic mass is 9.89. The maximum absolute atomic E-state index is 6.21. The van der Waals surface area contributed by atoms with Crippen molar-refractivity contribution in [3.05, 3.63) is 99.6 Å². The van der Waals surface area contributed by atoms with Gasteiger partial charge in [0.2, 0.25) is 0 Å². The van der Waals surface area contributed by atoms with E-state index in [1.165, 1.54) is 49.7 Å². The Hall–Kier alpha value is -3.06. The van der Waals surface area contributed by atoms with Gasteiger partial charge in [-0.1, -0.05) is 48.5 Å². The third-order valence-corrected chi connectivity index (χ3v) is 6.28. The molecule has 4 aromatic rings. The molecule has 0 spiro atoms. The molecule has 4 aromatic carbocycles. The van der Waals surface area contributed by atoms with E-state index in [9.17, 15) is 0 Å². The number of hydrogen-bond acceptors (Lipinski definition) is 1. The smallest absolute Gasteiger partial charge is 0.0373 e. The van der Waals surface area contributed by atoms with Crippen LogP contribution < -0.4 is 5.73 Å². The summed E-state index contributed by atoms with van der Waals surface area (Å²) in [4.78, 5) is 0. The van der Waals surface area contributed by atoms with Crippen LogP contribution in [0.25, 0.3) is 21.9 Å². The lowest BCUT2D eigenvalue weighted by Gasteiger charge is -2.15. The van der Waals surface area contributed by atoms with Gasteiger partial charge in [-0.15, -0.1) is 0 Å². The molecule has 0 aliphatic carbocycles. The Bertz CT molecular complexity index is 1180. The number of hydrogen-bond donors (Lipinski definition) is 1. The van der Waals surface area contributed by atoms with E-state index in [0.29, 0.717) is 0 Å². The van der Waals surface area contributed by atoms with E-state index in [1.54, 1.807) is 0 Å². The predicted molar refractivity (Wildman–Crippen MR) is 127 cm³/mol. The van der Waals surface area contributed by atoms with E-state index in [1.807, 2.05) is 0 Å². The second-order valence-electron chi connectivity index (χ2n) is 8.38. The Kier molecular flexibility index (Phi) is 4.92. The summed E-state index contributed by atoms with van der Waals surface area (Å²) >= 11 is 0. The zero-order valence-electron chi connectivity index (χ0n) is 18.1. The van der Waals surface area contributed by atoms with Crippen LogP contribution in [0.4, 0.5) is 5.69 Å². The van der Waals surface area contributed by atoms with Gasteiger partial charge in [-0.05, 0) is 114 Å². The third kappa shape index (κ3) is 3.53. The molecule has 0 aliphatic heterocycles. The maximum Gasteiger partial charge on any atom is 0.0373 e. The molecule has 0 radical (unpaired) electrons. The summed E-state index contributed by atoms with van der Waals surface area (Å²) in [5.41, 5.74) is 18.8. The van der Waals surface area contributed by atoms with E-state index in [0.717, 1.165) is 23.2 Å². The summed E-state index contributed by atoms with van der Waals surface area (Å²) < 4.78 is 0. The van der Waals surface area contributed by atoms with E-state index in [-0.39, 0.29) is 0 Å². The zero-order chi connectivity index (χ0) is 20.7. The highest BCUT2D eigenvalue weighted by Crippen LogP contribution is 2.35. The van der Waals surface area contributed by atoms with Crippen LogP contribution in [0.15, 0.2) is 60.7 Å². The Labute approximate surface area is 174 Å². The molecule has 0 bridgehead atoms. The van der Waals surface area contributed by atoms with Crippen LogP contribution in [-0.2, 0) is 6.42 Å². The normalized spacial score (nSPS) is 11.2.